The molecule has 146 valence electrons. The van der Waals surface area contributed by atoms with Gasteiger partial charge in [-0.2, -0.15) is 5.90 Å². The first-order valence-electron chi connectivity index (χ1n) is 9.00. The molecule has 0 unspecified atom stereocenters. The van der Waals surface area contributed by atoms with Gasteiger partial charge in [-0.05, 0) is 46.4 Å². The Bertz CT molecular complexity index is 902. The van der Waals surface area contributed by atoms with Gasteiger partial charge in [-0.15, -0.1) is 4.99 Å². The minimum Gasteiger partial charge on any atom is -0.481 e. The first kappa shape index (κ1) is 19.8. The van der Waals surface area contributed by atoms with Crippen molar-refractivity contribution >= 4 is 23.2 Å². The van der Waals surface area contributed by atoms with Crippen LogP contribution in [0.1, 0.15) is 30.0 Å². The van der Waals surface area contributed by atoms with Crippen LogP contribution in [0.2, 0.25) is 0 Å². The fourth-order valence-corrected chi connectivity index (χ4v) is 3.40. The van der Waals surface area contributed by atoms with Crippen molar-refractivity contribution in [1.82, 2.24) is 0 Å². The number of methoxy groups -OCH3 is 1. The lowest BCUT2D eigenvalue weighted by molar-refractivity contribution is -0.289. The Balaban J connectivity index is 2.11. The maximum atomic E-state index is 11.5. The Morgan fingerprint density at radius 2 is 1.86 bits per heavy atom. The molecular weight excluding hydrogens is 358 g/mol. The summed E-state index contributed by atoms with van der Waals surface area (Å²) in [5.41, 5.74) is 6.10. The number of carbonyl (C=O) groups is 1. The highest BCUT2D eigenvalue weighted by molar-refractivity contribution is 6.07. The van der Waals surface area contributed by atoms with Crippen LogP contribution in [-0.4, -0.2) is 26.3 Å². The Morgan fingerprint density at radius 1 is 1.07 bits per heavy atom. The molecule has 6 heteroatoms. The number of carbonyl (C=O) groups excluding carboxylic acids is 1. The molecule has 2 N–H and O–H groups in total. The first-order valence-corrected chi connectivity index (χ1v) is 9.00. The maximum absolute atomic E-state index is 11.5. The van der Waals surface area contributed by atoms with Crippen molar-refractivity contribution in [3.63, 3.8) is 0 Å². The summed E-state index contributed by atoms with van der Waals surface area (Å²) < 4.78 is 10.4. The van der Waals surface area contributed by atoms with E-state index in [1.807, 2.05) is 36.4 Å². The first-order chi connectivity index (χ1) is 13.7. The summed E-state index contributed by atoms with van der Waals surface area (Å²) in [6.07, 6.45) is 2.92. The third kappa shape index (κ3) is 4.14. The molecule has 0 spiro atoms. The molecule has 0 saturated carbocycles. The average molecular weight is 381 g/mol. The number of ether oxygens (including phenoxy) is 2. The van der Waals surface area contributed by atoms with Gasteiger partial charge in [-0.25, -0.2) is 9.68 Å². The van der Waals surface area contributed by atoms with Crippen LogP contribution >= 0.6 is 0 Å². The predicted molar refractivity (Wildman–Crippen MR) is 107 cm³/mol. The molecule has 0 bridgehead atoms. The third-order valence-electron chi connectivity index (χ3n) is 4.62. The molecule has 2 aromatic carbocycles. The van der Waals surface area contributed by atoms with E-state index in [1.54, 1.807) is 0 Å². The zero-order valence-electron chi connectivity index (χ0n) is 15.9. The molecule has 3 rings (SSSR count). The topological polar surface area (TPSA) is 80.0 Å². The molecule has 0 aromatic heterocycles. The number of allylic oxidation sites excluding steroid dienone is 2. The van der Waals surface area contributed by atoms with Crippen LogP contribution in [-0.2, 0) is 19.4 Å². The van der Waals surface area contributed by atoms with Crippen molar-refractivity contribution in [2.24, 2.45) is 5.90 Å². The monoisotopic (exact) mass is 381 g/mol. The van der Waals surface area contributed by atoms with Crippen LogP contribution < -0.4 is 10.6 Å². The van der Waals surface area contributed by atoms with Gasteiger partial charge in [-0.3, -0.25) is 0 Å². The number of hydrogen-bond donors (Lipinski definition) is 1. The number of rotatable bonds is 8. The van der Waals surface area contributed by atoms with E-state index in [2.05, 4.69) is 34.9 Å². The Morgan fingerprint density at radius 3 is 2.54 bits per heavy atom. The van der Waals surface area contributed by atoms with Gasteiger partial charge in [0, 0.05) is 5.56 Å². The number of nitrogens with two attached hydrogens (primary N) is 1. The number of hydrogen-bond acceptors (Lipinski definition) is 6. The maximum Gasteiger partial charge on any atom is 0.343 e. The van der Waals surface area contributed by atoms with Crippen LogP contribution in [0.5, 0.6) is 5.75 Å². The van der Waals surface area contributed by atoms with E-state index in [0.717, 1.165) is 39.8 Å². The largest absolute Gasteiger partial charge is 0.481 e. The standard InChI is InChI=1S/C22H23NO5/c1-3-16-18(12-15-8-5-4-6-9-15)17-10-7-11-20(26-14-21(24)25-2)22(17)19(16)13-27-28-23/h4-12H,3,13-14,23H2,1-2H3/b18-12-. The Hall–Kier alpha value is -2.93. The summed E-state index contributed by atoms with van der Waals surface area (Å²) in [7, 11) is 1.33. The van der Waals surface area contributed by atoms with Gasteiger partial charge in [0.2, 0.25) is 0 Å². The average Bonchev–Trinajstić information content (AvgIpc) is 3.04. The molecule has 0 radical (unpaired) electrons. The number of benzene rings is 2. The van der Waals surface area contributed by atoms with E-state index < -0.39 is 5.97 Å². The second-order valence-electron chi connectivity index (χ2n) is 6.18. The van der Waals surface area contributed by atoms with Crippen molar-refractivity contribution < 1.29 is 24.1 Å². The molecule has 0 heterocycles. The van der Waals surface area contributed by atoms with Crippen LogP contribution in [0.4, 0.5) is 0 Å². The molecule has 1 aliphatic carbocycles. The summed E-state index contributed by atoms with van der Waals surface area (Å²) in [6, 6.07) is 15.8. The van der Waals surface area contributed by atoms with Gasteiger partial charge in [0.1, 0.15) is 12.4 Å². The highest BCUT2D eigenvalue weighted by Gasteiger charge is 2.29. The summed E-state index contributed by atoms with van der Waals surface area (Å²) >= 11 is 0. The minimum absolute atomic E-state index is 0.164. The summed E-state index contributed by atoms with van der Waals surface area (Å²) in [5.74, 6) is 5.21. The highest BCUT2D eigenvalue weighted by Crippen LogP contribution is 2.47. The molecule has 0 atom stereocenters. The van der Waals surface area contributed by atoms with E-state index in [9.17, 15) is 4.79 Å². The van der Waals surface area contributed by atoms with E-state index >= 15 is 0 Å². The van der Waals surface area contributed by atoms with E-state index in [1.165, 1.54) is 7.11 Å². The van der Waals surface area contributed by atoms with Gasteiger partial charge in [0.15, 0.2) is 6.61 Å². The zero-order chi connectivity index (χ0) is 19.9. The number of fused-ring (bicyclic) bond motifs is 1. The lowest BCUT2D eigenvalue weighted by Crippen LogP contribution is -2.13. The highest BCUT2D eigenvalue weighted by atomic mass is 17.3. The minimum atomic E-state index is -0.446. The second kappa shape index (κ2) is 9.32. The molecular formula is C22H23NO5. The normalized spacial score (nSPS) is 14.3. The van der Waals surface area contributed by atoms with Crippen molar-refractivity contribution in [1.29, 1.82) is 0 Å². The van der Waals surface area contributed by atoms with Crippen molar-refractivity contribution in [2.75, 3.05) is 20.3 Å². The molecule has 0 fully saturated rings. The Kier molecular flexibility index (Phi) is 6.60. The summed E-state index contributed by atoms with van der Waals surface area (Å²) in [5, 5.41) is 0. The molecule has 1 aliphatic rings. The number of esters is 1. The lowest BCUT2D eigenvalue weighted by Gasteiger charge is -2.12. The van der Waals surface area contributed by atoms with Gasteiger partial charge in [-0.1, -0.05) is 49.4 Å². The molecule has 0 amide bonds. The van der Waals surface area contributed by atoms with Crippen LogP contribution in [0.3, 0.4) is 0 Å². The van der Waals surface area contributed by atoms with Gasteiger partial charge in [0.05, 0.1) is 7.11 Å². The Labute approximate surface area is 164 Å². The fraction of sp³-hybridized carbons (Fsp3) is 0.227. The smallest absolute Gasteiger partial charge is 0.343 e. The van der Waals surface area contributed by atoms with Gasteiger partial charge < -0.3 is 9.47 Å². The van der Waals surface area contributed by atoms with Crippen molar-refractivity contribution in [3.05, 3.63) is 70.8 Å². The van der Waals surface area contributed by atoms with Crippen molar-refractivity contribution in [2.45, 2.75) is 13.3 Å². The van der Waals surface area contributed by atoms with E-state index in [4.69, 9.17) is 15.5 Å². The second-order valence-corrected chi connectivity index (χ2v) is 6.18. The van der Waals surface area contributed by atoms with Gasteiger partial charge >= 0.3 is 5.97 Å². The molecule has 2 aromatic rings. The van der Waals surface area contributed by atoms with Gasteiger partial charge in [0.25, 0.3) is 0 Å². The van der Waals surface area contributed by atoms with Crippen LogP contribution in [0.15, 0.2) is 54.1 Å². The lowest BCUT2D eigenvalue weighted by atomic mass is 9.98. The summed E-state index contributed by atoms with van der Waals surface area (Å²) in [4.78, 5) is 20.9. The third-order valence-corrected chi connectivity index (χ3v) is 4.62. The van der Waals surface area contributed by atoms with Crippen LogP contribution in [0.25, 0.3) is 17.2 Å². The zero-order valence-corrected chi connectivity index (χ0v) is 15.9. The molecule has 0 saturated heterocycles. The predicted octanol–water partition coefficient (Wildman–Crippen LogP) is 3.78. The SMILES string of the molecule is CCC1=C(COON)c2c(OCC(=O)OC)cccc2/C1=C\c1ccccc1. The van der Waals surface area contributed by atoms with Crippen LogP contribution in [0, 0.1) is 0 Å². The quantitative estimate of drug-likeness (QED) is 0.426. The van der Waals surface area contributed by atoms with Crippen molar-refractivity contribution in [3.8, 4) is 5.75 Å². The molecule has 6 nitrogen and oxygen atoms in total. The summed E-state index contributed by atoms with van der Waals surface area (Å²) in [6.45, 7) is 2.07. The molecule has 0 aliphatic heterocycles. The van der Waals surface area contributed by atoms with E-state index in [-0.39, 0.29) is 13.2 Å². The molecule has 28 heavy (non-hydrogen) atoms. The van der Waals surface area contributed by atoms with E-state index in [0.29, 0.717) is 5.75 Å². The fourth-order valence-electron chi connectivity index (χ4n) is 3.40.